The average molecular weight is 407 g/mol. The lowest BCUT2D eigenvalue weighted by atomic mass is 10.1. The third-order valence-electron chi connectivity index (χ3n) is 4.91. The highest BCUT2D eigenvalue weighted by Gasteiger charge is 2.15. The Labute approximate surface area is 173 Å². The predicted octanol–water partition coefficient (Wildman–Crippen LogP) is 4.43. The van der Waals surface area contributed by atoms with Crippen LogP contribution in [0, 0.1) is 13.8 Å². The van der Waals surface area contributed by atoms with Gasteiger partial charge in [-0.3, -0.25) is 4.79 Å². The molecule has 0 saturated heterocycles. The lowest BCUT2D eigenvalue weighted by Gasteiger charge is -2.09. The third kappa shape index (κ3) is 4.19. The van der Waals surface area contributed by atoms with E-state index in [2.05, 4.69) is 32.6 Å². The van der Waals surface area contributed by atoms with Gasteiger partial charge in [-0.1, -0.05) is 23.4 Å². The topological polar surface area (TPSA) is 83.8 Å². The minimum Gasteiger partial charge on any atom is -0.361 e. The van der Waals surface area contributed by atoms with Crippen LogP contribution in [0.25, 0.3) is 10.9 Å². The second kappa shape index (κ2) is 8.53. The summed E-state index contributed by atoms with van der Waals surface area (Å²) in [7, 11) is 0. The monoisotopic (exact) mass is 406 g/mol. The number of rotatable bonds is 7. The molecule has 6 nitrogen and oxygen atoms in total. The molecule has 0 radical (unpaired) electrons. The van der Waals surface area contributed by atoms with E-state index in [4.69, 9.17) is 4.52 Å². The summed E-state index contributed by atoms with van der Waals surface area (Å²) in [5.41, 5.74) is 4.81. The fourth-order valence-electron chi connectivity index (χ4n) is 3.27. The van der Waals surface area contributed by atoms with Crippen molar-refractivity contribution in [1.29, 1.82) is 0 Å². The van der Waals surface area contributed by atoms with Gasteiger partial charge >= 0.3 is 0 Å². The van der Waals surface area contributed by atoms with Gasteiger partial charge in [0.1, 0.15) is 10.8 Å². The summed E-state index contributed by atoms with van der Waals surface area (Å²) in [4.78, 5) is 20.4. The summed E-state index contributed by atoms with van der Waals surface area (Å²) >= 11 is 1.52. The average Bonchev–Trinajstić information content (AvgIpc) is 3.30. The third-order valence-corrected chi connectivity index (χ3v) is 5.94. The van der Waals surface area contributed by atoms with Crippen molar-refractivity contribution in [3.8, 4) is 0 Å². The maximum Gasteiger partial charge on any atom is 0.254 e. The zero-order valence-corrected chi connectivity index (χ0v) is 17.2. The SMILES string of the molecule is Cc1noc(C)c1CSc1ncccc1C(=O)NCCc1c[nH]c2ccccc12. The standard InChI is InChI=1S/C22H22N4O2S/c1-14-19(15(2)28-26-14)13-29-22-18(7-5-10-24-22)21(27)23-11-9-16-12-25-20-8-4-3-6-17(16)20/h3-8,10,12,25H,9,11,13H2,1-2H3,(H,23,27). The van der Waals surface area contributed by atoms with Gasteiger partial charge in [-0.15, -0.1) is 11.8 Å². The zero-order valence-electron chi connectivity index (χ0n) is 16.4. The van der Waals surface area contributed by atoms with E-state index in [1.807, 2.05) is 38.2 Å². The van der Waals surface area contributed by atoms with Crippen molar-refractivity contribution in [2.24, 2.45) is 0 Å². The molecule has 4 rings (SSSR count). The highest BCUT2D eigenvalue weighted by molar-refractivity contribution is 7.98. The Morgan fingerprint density at radius 3 is 2.90 bits per heavy atom. The summed E-state index contributed by atoms with van der Waals surface area (Å²) < 4.78 is 5.21. The highest BCUT2D eigenvalue weighted by atomic mass is 32.2. The smallest absolute Gasteiger partial charge is 0.254 e. The van der Waals surface area contributed by atoms with Crippen LogP contribution >= 0.6 is 11.8 Å². The van der Waals surface area contributed by atoms with Gasteiger partial charge in [-0.05, 0) is 44.0 Å². The number of hydrogen-bond donors (Lipinski definition) is 2. The van der Waals surface area contributed by atoms with Crippen LogP contribution in [-0.4, -0.2) is 27.6 Å². The molecule has 0 fully saturated rings. The van der Waals surface area contributed by atoms with Crippen LogP contribution in [0.3, 0.4) is 0 Å². The normalized spacial score (nSPS) is 11.1. The van der Waals surface area contributed by atoms with E-state index < -0.39 is 0 Å². The van der Waals surface area contributed by atoms with Gasteiger partial charge in [0, 0.05) is 41.2 Å². The molecule has 0 aliphatic carbocycles. The maximum absolute atomic E-state index is 12.7. The number of para-hydroxylation sites is 1. The molecule has 0 spiro atoms. The summed E-state index contributed by atoms with van der Waals surface area (Å²) in [6, 6.07) is 11.8. The number of carbonyl (C=O) groups excluding carboxylic acids is 1. The number of H-pyrrole nitrogens is 1. The Hall–Kier alpha value is -3.06. The minimum atomic E-state index is -0.112. The van der Waals surface area contributed by atoms with Crippen molar-refractivity contribution in [3.05, 3.63) is 76.9 Å². The molecule has 29 heavy (non-hydrogen) atoms. The Kier molecular flexibility index (Phi) is 5.67. The molecule has 0 aliphatic heterocycles. The van der Waals surface area contributed by atoms with Crippen molar-refractivity contribution >= 4 is 28.6 Å². The predicted molar refractivity (Wildman–Crippen MR) is 114 cm³/mol. The Morgan fingerprint density at radius 2 is 2.07 bits per heavy atom. The molecular formula is C22H22N4O2S. The first-order valence-corrected chi connectivity index (χ1v) is 10.4. The van der Waals surface area contributed by atoms with Gasteiger partial charge in [0.2, 0.25) is 0 Å². The first-order chi connectivity index (χ1) is 14.1. The molecular weight excluding hydrogens is 384 g/mol. The van der Waals surface area contributed by atoms with Crippen molar-refractivity contribution in [3.63, 3.8) is 0 Å². The number of hydrogen-bond acceptors (Lipinski definition) is 5. The number of amides is 1. The second-order valence-corrected chi connectivity index (χ2v) is 7.78. The highest BCUT2D eigenvalue weighted by Crippen LogP contribution is 2.27. The summed E-state index contributed by atoms with van der Waals surface area (Å²) in [6.07, 6.45) is 4.47. The summed E-state index contributed by atoms with van der Waals surface area (Å²) in [5, 5.41) is 8.90. The van der Waals surface area contributed by atoms with Gasteiger partial charge in [0.15, 0.2) is 0 Å². The van der Waals surface area contributed by atoms with Crippen molar-refractivity contribution in [1.82, 2.24) is 20.4 Å². The van der Waals surface area contributed by atoms with Gasteiger partial charge in [-0.25, -0.2) is 4.98 Å². The number of nitrogens with one attached hydrogen (secondary N) is 2. The molecule has 1 aromatic carbocycles. The molecule has 7 heteroatoms. The first-order valence-electron chi connectivity index (χ1n) is 9.46. The maximum atomic E-state index is 12.7. The van der Waals surface area contributed by atoms with Gasteiger partial charge in [0.25, 0.3) is 5.91 Å². The van der Waals surface area contributed by atoms with Crippen molar-refractivity contribution in [2.75, 3.05) is 6.54 Å². The van der Waals surface area contributed by atoms with Crippen molar-refractivity contribution in [2.45, 2.75) is 31.0 Å². The van der Waals surface area contributed by atoms with Crippen LogP contribution in [0.4, 0.5) is 0 Å². The Bertz CT molecular complexity index is 1130. The molecule has 4 aromatic rings. The van der Waals surface area contributed by atoms with Crippen LogP contribution in [0.2, 0.25) is 0 Å². The number of aromatic nitrogens is 3. The van der Waals surface area contributed by atoms with Gasteiger partial charge in [0.05, 0.1) is 11.3 Å². The number of benzene rings is 1. The van der Waals surface area contributed by atoms with E-state index in [0.29, 0.717) is 22.9 Å². The summed E-state index contributed by atoms with van der Waals surface area (Å²) in [6.45, 7) is 4.37. The second-order valence-electron chi connectivity index (χ2n) is 6.81. The van der Waals surface area contributed by atoms with E-state index in [9.17, 15) is 4.79 Å². The molecule has 0 saturated carbocycles. The van der Waals surface area contributed by atoms with Gasteiger partial charge in [-0.2, -0.15) is 0 Å². The number of carbonyl (C=O) groups is 1. The van der Waals surface area contributed by atoms with E-state index >= 15 is 0 Å². The van der Waals surface area contributed by atoms with Crippen LogP contribution in [0.1, 0.15) is 32.9 Å². The van der Waals surface area contributed by atoms with Gasteiger partial charge < -0.3 is 14.8 Å². The number of aryl methyl sites for hydroxylation is 2. The molecule has 0 atom stereocenters. The molecule has 148 valence electrons. The van der Waals surface area contributed by atoms with E-state index in [0.717, 1.165) is 29.0 Å². The number of aromatic amines is 1. The van der Waals surface area contributed by atoms with Crippen LogP contribution in [0.5, 0.6) is 0 Å². The molecule has 0 unspecified atom stereocenters. The molecule has 3 aromatic heterocycles. The fraction of sp³-hybridized carbons (Fsp3) is 0.227. The number of pyridine rings is 1. The Morgan fingerprint density at radius 1 is 1.21 bits per heavy atom. The van der Waals surface area contributed by atoms with E-state index in [1.54, 1.807) is 12.3 Å². The van der Waals surface area contributed by atoms with Crippen LogP contribution < -0.4 is 5.32 Å². The number of thioether (sulfide) groups is 1. The molecule has 3 heterocycles. The lowest BCUT2D eigenvalue weighted by molar-refractivity contribution is 0.0950. The minimum absolute atomic E-state index is 0.112. The Balaban J connectivity index is 1.40. The fourth-order valence-corrected chi connectivity index (χ4v) is 4.42. The van der Waals surface area contributed by atoms with E-state index in [-0.39, 0.29) is 5.91 Å². The molecule has 0 aliphatic rings. The molecule has 2 N–H and O–H groups in total. The first kappa shape index (κ1) is 19.3. The van der Waals surface area contributed by atoms with E-state index in [1.165, 1.54) is 22.7 Å². The number of nitrogens with zero attached hydrogens (tertiary/aromatic N) is 2. The molecule has 0 bridgehead atoms. The summed E-state index contributed by atoms with van der Waals surface area (Å²) in [5.74, 6) is 1.35. The lowest BCUT2D eigenvalue weighted by Crippen LogP contribution is -2.26. The van der Waals surface area contributed by atoms with Crippen LogP contribution in [0.15, 0.2) is 58.3 Å². The largest absolute Gasteiger partial charge is 0.361 e. The molecule has 1 amide bonds. The number of fused-ring (bicyclic) bond motifs is 1. The van der Waals surface area contributed by atoms with Crippen LogP contribution in [-0.2, 0) is 12.2 Å². The zero-order chi connectivity index (χ0) is 20.2. The van der Waals surface area contributed by atoms with Crippen molar-refractivity contribution < 1.29 is 9.32 Å². The quantitative estimate of drug-likeness (QED) is 0.444.